The van der Waals surface area contributed by atoms with E-state index in [4.69, 9.17) is 14.2 Å². The minimum Gasteiger partial charge on any atom is -0.466 e. The summed E-state index contributed by atoms with van der Waals surface area (Å²) in [7, 11) is 1.40. The van der Waals surface area contributed by atoms with Gasteiger partial charge < -0.3 is 14.2 Å². The van der Waals surface area contributed by atoms with Crippen LogP contribution in [-0.2, 0) is 19.0 Å². The molecule has 1 spiro atoms. The number of esters is 1. The standard InChI is InChI=1S/C16H26O4/c1-14(2)10-19-16(20-11-14)8-6-7-12(15(16,3)4)9-13(17)18-5/h9H,6-8,10-11H2,1-5H3/b12-9+. The molecule has 2 rings (SSSR count). The van der Waals surface area contributed by atoms with Gasteiger partial charge in [-0.2, -0.15) is 0 Å². The monoisotopic (exact) mass is 282 g/mol. The van der Waals surface area contributed by atoms with Crippen LogP contribution in [-0.4, -0.2) is 32.1 Å². The molecule has 1 heterocycles. The topological polar surface area (TPSA) is 44.8 Å². The van der Waals surface area contributed by atoms with Crippen LogP contribution < -0.4 is 0 Å². The van der Waals surface area contributed by atoms with E-state index in [1.165, 1.54) is 7.11 Å². The first-order valence-corrected chi connectivity index (χ1v) is 7.29. The Morgan fingerprint density at radius 1 is 1.20 bits per heavy atom. The number of carbonyl (C=O) groups excluding carboxylic acids is 1. The molecule has 4 nitrogen and oxygen atoms in total. The van der Waals surface area contributed by atoms with Gasteiger partial charge >= 0.3 is 5.97 Å². The molecule has 1 saturated heterocycles. The summed E-state index contributed by atoms with van der Waals surface area (Å²) >= 11 is 0. The first-order chi connectivity index (χ1) is 9.22. The average Bonchev–Trinajstić information content (AvgIpc) is 2.38. The Morgan fingerprint density at radius 3 is 2.35 bits per heavy atom. The van der Waals surface area contributed by atoms with Crippen molar-refractivity contribution in [2.45, 2.75) is 52.7 Å². The van der Waals surface area contributed by atoms with Crippen molar-refractivity contribution < 1.29 is 19.0 Å². The highest BCUT2D eigenvalue weighted by Gasteiger charge is 2.54. The van der Waals surface area contributed by atoms with Gasteiger partial charge in [0.25, 0.3) is 0 Å². The predicted molar refractivity (Wildman–Crippen MR) is 76.1 cm³/mol. The van der Waals surface area contributed by atoms with Gasteiger partial charge in [0.05, 0.1) is 20.3 Å². The van der Waals surface area contributed by atoms with Crippen molar-refractivity contribution in [2.24, 2.45) is 10.8 Å². The fourth-order valence-corrected chi connectivity index (χ4v) is 3.05. The van der Waals surface area contributed by atoms with Gasteiger partial charge in [-0.05, 0) is 12.8 Å². The highest BCUT2D eigenvalue weighted by Crippen LogP contribution is 2.52. The highest BCUT2D eigenvalue weighted by molar-refractivity contribution is 5.83. The number of ether oxygens (including phenoxy) is 3. The van der Waals surface area contributed by atoms with E-state index in [9.17, 15) is 4.79 Å². The SMILES string of the molecule is COC(=O)/C=C1\CCCC2(OCC(C)(C)CO2)C1(C)C. The largest absolute Gasteiger partial charge is 0.466 e. The summed E-state index contributed by atoms with van der Waals surface area (Å²) in [6, 6.07) is 0. The van der Waals surface area contributed by atoms with Crippen LogP contribution in [0.5, 0.6) is 0 Å². The van der Waals surface area contributed by atoms with Crippen LogP contribution in [0.2, 0.25) is 0 Å². The second kappa shape index (κ2) is 5.15. The minimum absolute atomic E-state index is 0.0466. The quantitative estimate of drug-likeness (QED) is 0.547. The number of hydrogen-bond acceptors (Lipinski definition) is 4. The van der Waals surface area contributed by atoms with E-state index in [1.807, 2.05) is 0 Å². The van der Waals surface area contributed by atoms with Gasteiger partial charge in [0.2, 0.25) is 0 Å². The van der Waals surface area contributed by atoms with E-state index in [1.54, 1.807) is 6.08 Å². The molecule has 4 heteroatoms. The molecule has 1 aliphatic heterocycles. The molecule has 0 radical (unpaired) electrons. The molecule has 2 aliphatic rings. The first-order valence-electron chi connectivity index (χ1n) is 7.29. The van der Waals surface area contributed by atoms with Crippen LogP contribution in [0.4, 0.5) is 0 Å². The van der Waals surface area contributed by atoms with E-state index in [2.05, 4.69) is 27.7 Å². The summed E-state index contributed by atoms with van der Waals surface area (Å²) in [4.78, 5) is 11.6. The van der Waals surface area contributed by atoms with Crippen molar-refractivity contribution in [1.82, 2.24) is 0 Å². The Morgan fingerprint density at radius 2 is 1.80 bits per heavy atom. The normalized spacial score (nSPS) is 29.4. The van der Waals surface area contributed by atoms with E-state index in [0.29, 0.717) is 13.2 Å². The molecule has 114 valence electrons. The number of methoxy groups -OCH3 is 1. The van der Waals surface area contributed by atoms with Crippen LogP contribution in [0.25, 0.3) is 0 Å². The molecule has 0 aromatic heterocycles. The van der Waals surface area contributed by atoms with Crippen molar-refractivity contribution in [3.05, 3.63) is 11.6 Å². The van der Waals surface area contributed by atoms with Gasteiger partial charge in [-0.25, -0.2) is 4.79 Å². The number of hydrogen-bond donors (Lipinski definition) is 0. The molecule has 0 unspecified atom stereocenters. The summed E-state index contributed by atoms with van der Waals surface area (Å²) in [5.41, 5.74) is 0.774. The second-order valence-electron chi connectivity index (χ2n) is 7.17. The van der Waals surface area contributed by atoms with Crippen LogP contribution in [0.1, 0.15) is 47.0 Å². The molecule has 0 amide bonds. The zero-order chi connectivity index (χ0) is 15.0. The van der Waals surface area contributed by atoms with E-state index in [0.717, 1.165) is 24.8 Å². The van der Waals surface area contributed by atoms with Crippen LogP contribution in [0, 0.1) is 10.8 Å². The van der Waals surface area contributed by atoms with Crippen molar-refractivity contribution in [1.29, 1.82) is 0 Å². The van der Waals surface area contributed by atoms with Crippen molar-refractivity contribution >= 4 is 5.97 Å². The average molecular weight is 282 g/mol. The summed E-state index contributed by atoms with van der Waals surface area (Å²) in [5.74, 6) is -0.915. The van der Waals surface area contributed by atoms with Crippen LogP contribution >= 0.6 is 0 Å². The molecule has 2 fully saturated rings. The Kier molecular flexibility index (Phi) is 4.00. The maximum atomic E-state index is 11.6. The van der Waals surface area contributed by atoms with Crippen molar-refractivity contribution in [3.63, 3.8) is 0 Å². The molecule has 20 heavy (non-hydrogen) atoms. The first kappa shape index (κ1) is 15.5. The molecule has 0 bridgehead atoms. The summed E-state index contributed by atoms with van der Waals surface area (Å²) in [6.45, 7) is 9.84. The van der Waals surface area contributed by atoms with Gasteiger partial charge in [0, 0.05) is 23.3 Å². The Hall–Kier alpha value is -0.870. The molecular weight excluding hydrogens is 256 g/mol. The highest BCUT2D eigenvalue weighted by atomic mass is 16.7. The van der Waals surface area contributed by atoms with Gasteiger partial charge in [-0.1, -0.05) is 33.3 Å². The third-order valence-corrected chi connectivity index (χ3v) is 4.59. The second-order valence-corrected chi connectivity index (χ2v) is 7.17. The van der Waals surface area contributed by atoms with Crippen molar-refractivity contribution in [3.8, 4) is 0 Å². The fraction of sp³-hybridized carbons (Fsp3) is 0.812. The molecule has 1 aliphatic carbocycles. The molecule has 1 saturated carbocycles. The van der Waals surface area contributed by atoms with Crippen LogP contribution in [0.3, 0.4) is 0 Å². The number of rotatable bonds is 1. The molecule has 0 aromatic rings. The van der Waals surface area contributed by atoms with Gasteiger partial charge in [0.15, 0.2) is 5.79 Å². The number of carbonyl (C=O) groups is 1. The molecule has 0 N–H and O–H groups in total. The summed E-state index contributed by atoms with van der Waals surface area (Å²) in [6.07, 6.45) is 4.33. The van der Waals surface area contributed by atoms with Gasteiger partial charge in [-0.3, -0.25) is 0 Å². The smallest absolute Gasteiger partial charge is 0.330 e. The Labute approximate surface area is 121 Å². The van der Waals surface area contributed by atoms with Crippen molar-refractivity contribution in [2.75, 3.05) is 20.3 Å². The minimum atomic E-state index is -0.610. The molecule has 0 atom stereocenters. The third kappa shape index (κ3) is 2.63. The molecule has 0 aromatic carbocycles. The lowest BCUT2D eigenvalue weighted by Gasteiger charge is -2.54. The predicted octanol–water partition coefficient (Wildman–Crippen LogP) is 3.07. The molecular formula is C16H26O4. The van der Waals surface area contributed by atoms with E-state index in [-0.39, 0.29) is 16.8 Å². The lowest BCUT2D eigenvalue weighted by molar-refractivity contribution is -0.343. The Balaban J connectivity index is 2.27. The van der Waals surface area contributed by atoms with E-state index >= 15 is 0 Å². The van der Waals surface area contributed by atoms with E-state index < -0.39 is 5.79 Å². The lowest BCUT2D eigenvalue weighted by atomic mass is 9.67. The van der Waals surface area contributed by atoms with Crippen LogP contribution in [0.15, 0.2) is 11.6 Å². The summed E-state index contributed by atoms with van der Waals surface area (Å²) < 4.78 is 17.1. The maximum Gasteiger partial charge on any atom is 0.330 e. The summed E-state index contributed by atoms with van der Waals surface area (Å²) in [5, 5.41) is 0. The maximum absolute atomic E-state index is 11.6. The zero-order valence-corrected chi connectivity index (χ0v) is 13.2. The fourth-order valence-electron chi connectivity index (χ4n) is 3.05. The zero-order valence-electron chi connectivity index (χ0n) is 13.2. The van der Waals surface area contributed by atoms with Gasteiger partial charge in [0.1, 0.15) is 0 Å². The lowest BCUT2D eigenvalue weighted by Crippen LogP contribution is -2.58. The third-order valence-electron chi connectivity index (χ3n) is 4.59. The van der Waals surface area contributed by atoms with Gasteiger partial charge in [-0.15, -0.1) is 0 Å². The Bertz CT molecular complexity index is 410.